The number of nitrogens with zero attached hydrogens (tertiary/aromatic N) is 5. The van der Waals surface area contributed by atoms with Gasteiger partial charge in [-0.2, -0.15) is 5.10 Å². The summed E-state index contributed by atoms with van der Waals surface area (Å²) in [5, 5.41) is 8.60. The van der Waals surface area contributed by atoms with Crippen LogP contribution in [0.25, 0.3) is 0 Å². The van der Waals surface area contributed by atoms with Gasteiger partial charge in [0.25, 0.3) is 0 Å². The molecule has 0 bridgehead atoms. The van der Waals surface area contributed by atoms with E-state index in [1.54, 1.807) is 0 Å². The predicted molar refractivity (Wildman–Crippen MR) is 91.4 cm³/mol. The molecule has 6 heteroatoms. The molecule has 128 valence electrons. The molecule has 0 aromatic carbocycles. The maximum Gasteiger partial charge on any atom is 0.245 e. The number of aromatic nitrogens is 3. The highest BCUT2D eigenvalue weighted by atomic mass is 16.2. The van der Waals surface area contributed by atoms with E-state index in [-0.39, 0.29) is 17.9 Å². The third kappa shape index (κ3) is 3.98. The van der Waals surface area contributed by atoms with Crippen molar-refractivity contribution in [2.75, 3.05) is 25.0 Å². The molecule has 0 atom stereocenters. The lowest BCUT2D eigenvalue weighted by Gasteiger charge is -2.34. The highest BCUT2D eigenvalue weighted by molar-refractivity contribution is 5.79. The van der Waals surface area contributed by atoms with Gasteiger partial charge in [-0.25, -0.2) is 4.98 Å². The van der Waals surface area contributed by atoms with E-state index in [1.165, 1.54) is 0 Å². The summed E-state index contributed by atoms with van der Waals surface area (Å²) < 4.78 is 0. The van der Waals surface area contributed by atoms with Crippen LogP contribution in [0.15, 0.2) is 0 Å². The Morgan fingerprint density at radius 3 is 2.30 bits per heavy atom. The monoisotopic (exact) mass is 319 g/mol. The fourth-order valence-electron chi connectivity index (χ4n) is 2.93. The molecule has 2 heterocycles. The van der Waals surface area contributed by atoms with Crippen LogP contribution in [0, 0.1) is 5.92 Å². The fourth-order valence-corrected chi connectivity index (χ4v) is 2.93. The zero-order valence-corrected chi connectivity index (χ0v) is 15.0. The molecular weight excluding hydrogens is 290 g/mol. The Morgan fingerprint density at radius 2 is 1.78 bits per heavy atom. The van der Waals surface area contributed by atoms with Crippen LogP contribution in [-0.2, 0) is 17.6 Å². The van der Waals surface area contributed by atoms with Crippen molar-refractivity contribution in [3.63, 3.8) is 0 Å². The van der Waals surface area contributed by atoms with Crippen LogP contribution in [0.4, 0.5) is 5.95 Å². The van der Waals surface area contributed by atoms with Crippen molar-refractivity contribution in [3.05, 3.63) is 11.4 Å². The van der Waals surface area contributed by atoms with E-state index in [4.69, 9.17) is 0 Å². The number of hydrogen-bond donors (Lipinski definition) is 0. The van der Waals surface area contributed by atoms with E-state index >= 15 is 0 Å². The topological polar surface area (TPSA) is 62.2 Å². The molecule has 0 saturated carbocycles. The standard InChI is InChI=1S/C17H29N5O/c1-6-14-15(7-2)19-20-17(18-14)22-10-8-13(9-11-22)16(23)21(5)12(3)4/h12-13H,6-11H2,1-5H3. The summed E-state index contributed by atoms with van der Waals surface area (Å²) in [4.78, 5) is 21.1. The first-order valence-corrected chi connectivity index (χ1v) is 8.71. The minimum absolute atomic E-state index is 0.118. The number of anilines is 1. The van der Waals surface area contributed by atoms with E-state index in [2.05, 4.69) is 33.9 Å². The normalized spacial score (nSPS) is 16.0. The number of aryl methyl sites for hydroxylation is 2. The van der Waals surface area contributed by atoms with E-state index in [0.29, 0.717) is 5.95 Å². The minimum atomic E-state index is 0.118. The molecule has 1 aromatic rings. The van der Waals surface area contributed by atoms with Crippen LogP contribution in [0.5, 0.6) is 0 Å². The highest BCUT2D eigenvalue weighted by Crippen LogP contribution is 2.23. The Kier molecular flexibility index (Phi) is 5.91. The predicted octanol–water partition coefficient (Wildman–Crippen LogP) is 2.08. The minimum Gasteiger partial charge on any atom is -0.343 e. The number of rotatable bonds is 5. The molecule has 0 spiro atoms. The molecule has 0 aliphatic carbocycles. The van der Waals surface area contributed by atoms with E-state index in [9.17, 15) is 4.79 Å². The average Bonchev–Trinajstić information content (AvgIpc) is 2.59. The van der Waals surface area contributed by atoms with Crippen molar-refractivity contribution < 1.29 is 4.79 Å². The maximum atomic E-state index is 12.4. The van der Waals surface area contributed by atoms with Crippen molar-refractivity contribution in [3.8, 4) is 0 Å². The van der Waals surface area contributed by atoms with E-state index in [1.807, 2.05) is 25.8 Å². The zero-order valence-electron chi connectivity index (χ0n) is 15.0. The second-order valence-corrected chi connectivity index (χ2v) is 6.52. The molecule has 1 amide bonds. The van der Waals surface area contributed by atoms with Gasteiger partial charge in [0.2, 0.25) is 11.9 Å². The van der Waals surface area contributed by atoms with Gasteiger partial charge in [-0.15, -0.1) is 5.10 Å². The Hall–Kier alpha value is -1.72. The third-order valence-electron chi connectivity index (χ3n) is 4.75. The van der Waals surface area contributed by atoms with Crippen molar-refractivity contribution in [1.29, 1.82) is 0 Å². The molecular formula is C17H29N5O. The van der Waals surface area contributed by atoms with Crippen LogP contribution < -0.4 is 4.90 Å². The number of carbonyl (C=O) groups excluding carboxylic acids is 1. The summed E-state index contributed by atoms with van der Waals surface area (Å²) in [6.45, 7) is 9.91. The molecule has 1 aromatic heterocycles. The lowest BCUT2D eigenvalue weighted by atomic mass is 9.95. The van der Waals surface area contributed by atoms with Gasteiger partial charge in [0.05, 0.1) is 11.4 Å². The molecule has 1 aliphatic heterocycles. The summed E-state index contributed by atoms with van der Waals surface area (Å²) in [5.41, 5.74) is 2.02. The second-order valence-electron chi connectivity index (χ2n) is 6.52. The maximum absolute atomic E-state index is 12.4. The summed E-state index contributed by atoms with van der Waals surface area (Å²) >= 11 is 0. The molecule has 1 aliphatic rings. The van der Waals surface area contributed by atoms with Crippen molar-refractivity contribution in [2.45, 2.75) is 59.4 Å². The van der Waals surface area contributed by atoms with E-state index in [0.717, 1.165) is 50.2 Å². The van der Waals surface area contributed by atoms with Crippen molar-refractivity contribution in [1.82, 2.24) is 20.1 Å². The number of carbonyl (C=O) groups is 1. The molecule has 1 fully saturated rings. The molecule has 0 unspecified atom stereocenters. The van der Waals surface area contributed by atoms with E-state index < -0.39 is 0 Å². The van der Waals surface area contributed by atoms with Gasteiger partial charge in [-0.3, -0.25) is 4.79 Å². The summed E-state index contributed by atoms with van der Waals surface area (Å²) in [7, 11) is 1.89. The van der Waals surface area contributed by atoms with Gasteiger partial charge >= 0.3 is 0 Å². The molecule has 0 N–H and O–H groups in total. The Morgan fingerprint density at radius 1 is 1.17 bits per heavy atom. The Labute approximate surface area is 139 Å². The van der Waals surface area contributed by atoms with Gasteiger partial charge in [0.1, 0.15) is 0 Å². The first-order valence-electron chi connectivity index (χ1n) is 8.71. The fraction of sp³-hybridized carbons (Fsp3) is 0.765. The van der Waals surface area contributed by atoms with Crippen LogP contribution in [-0.4, -0.2) is 52.2 Å². The van der Waals surface area contributed by atoms with Gasteiger partial charge < -0.3 is 9.80 Å². The summed E-state index contributed by atoms with van der Waals surface area (Å²) in [6.07, 6.45) is 3.45. The number of hydrogen-bond acceptors (Lipinski definition) is 5. The van der Waals surface area contributed by atoms with Gasteiger partial charge in [-0.05, 0) is 39.5 Å². The van der Waals surface area contributed by atoms with Gasteiger partial charge in [0.15, 0.2) is 0 Å². The Bertz CT molecular complexity index is 538. The van der Waals surface area contributed by atoms with Crippen LogP contribution in [0.1, 0.15) is 51.9 Å². The second kappa shape index (κ2) is 7.70. The lowest BCUT2D eigenvalue weighted by Crippen LogP contribution is -2.43. The number of amides is 1. The molecule has 1 saturated heterocycles. The quantitative estimate of drug-likeness (QED) is 0.831. The van der Waals surface area contributed by atoms with Crippen molar-refractivity contribution in [2.24, 2.45) is 5.92 Å². The van der Waals surface area contributed by atoms with Crippen LogP contribution >= 0.6 is 0 Å². The molecule has 2 rings (SSSR count). The first kappa shape index (κ1) is 17.6. The zero-order chi connectivity index (χ0) is 17.0. The largest absolute Gasteiger partial charge is 0.343 e. The van der Waals surface area contributed by atoms with Gasteiger partial charge in [0, 0.05) is 32.1 Å². The van der Waals surface area contributed by atoms with Crippen LogP contribution in [0.3, 0.4) is 0 Å². The SMILES string of the molecule is CCc1nnc(N2CCC(C(=O)N(C)C(C)C)CC2)nc1CC. The summed E-state index contributed by atoms with van der Waals surface area (Å²) in [6, 6.07) is 0.252. The molecule has 6 nitrogen and oxygen atoms in total. The molecule has 23 heavy (non-hydrogen) atoms. The highest BCUT2D eigenvalue weighted by Gasteiger charge is 2.29. The summed E-state index contributed by atoms with van der Waals surface area (Å²) in [5.74, 6) is 1.09. The smallest absolute Gasteiger partial charge is 0.245 e. The van der Waals surface area contributed by atoms with Gasteiger partial charge in [-0.1, -0.05) is 13.8 Å². The third-order valence-corrected chi connectivity index (χ3v) is 4.75. The Balaban J connectivity index is 2.00. The van der Waals surface area contributed by atoms with Crippen LogP contribution in [0.2, 0.25) is 0 Å². The first-order chi connectivity index (χ1) is 11.0. The molecule has 0 radical (unpaired) electrons. The lowest BCUT2D eigenvalue weighted by molar-refractivity contribution is -0.136. The van der Waals surface area contributed by atoms with Crippen molar-refractivity contribution >= 4 is 11.9 Å². The number of piperidine rings is 1. The average molecular weight is 319 g/mol.